The average Bonchev–Trinajstić information content (AvgIpc) is 1.87. The fraction of sp³-hybridized carbons (Fsp3) is 0. The van der Waals surface area contributed by atoms with E-state index in [1.54, 1.807) is 0 Å². The van der Waals surface area contributed by atoms with Gasteiger partial charge in [0.2, 0.25) is 5.88 Å². The van der Waals surface area contributed by atoms with Crippen LogP contribution in [0.3, 0.4) is 0 Å². The predicted octanol–water partition coefficient (Wildman–Crippen LogP) is 0.0852. The number of ether oxygens (including phenoxy) is 1. The van der Waals surface area contributed by atoms with Gasteiger partial charge in [0.1, 0.15) is 6.21 Å². The largest absolute Gasteiger partial charge is 0.404 e. The van der Waals surface area contributed by atoms with Crippen molar-refractivity contribution in [1.82, 2.24) is 0 Å². The molecule has 3 nitrogen and oxygen atoms in total. The number of esters is 1. The molecule has 1 aliphatic rings. The number of cyclic esters (lactones) is 1. The molecule has 0 unspecified atom stereocenters. The molecule has 0 N–H and O–H groups in total. The lowest BCUT2D eigenvalue weighted by atomic mass is 10.8. The smallest absolute Gasteiger partial charge is 0.356 e. The summed E-state index contributed by atoms with van der Waals surface area (Å²) in [5, 5.41) is 0. The number of hydrogen-bond acceptors (Lipinski definition) is 3. The Bertz CT molecular complexity index is 132. The zero-order valence-corrected chi connectivity index (χ0v) is 3.55. The zero-order valence-electron chi connectivity index (χ0n) is 3.55. The van der Waals surface area contributed by atoms with Crippen LogP contribution >= 0.6 is 0 Å². The highest BCUT2D eigenvalue weighted by molar-refractivity contribution is 6.25. The number of carbonyl (C=O) groups is 1. The van der Waals surface area contributed by atoms with Crippen LogP contribution in [-0.2, 0) is 9.53 Å². The lowest BCUT2D eigenvalue weighted by molar-refractivity contribution is -0.129. The summed E-state index contributed by atoms with van der Waals surface area (Å²) in [4.78, 5) is 13.4. The molecule has 36 valence electrons. The maximum absolute atomic E-state index is 10.0. The Kier molecular flexibility index (Phi) is 0.685. The SMILES string of the molecule is C=C1N=CC(=O)O1. The van der Waals surface area contributed by atoms with E-state index in [1.807, 2.05) is 0 Å². The summed E-state index contributed by atoms with van der Waals surface area (Å²) in [5.74, 6) is -0.269. The van der Waals surface area contributed by atoms with E-state index in [9.17, 15) is 4.79 Å². The third-order valence-electron chi connectivity index (χ3n) is 0.532. The van der Waals surface area contributed by atoms with Gasteiger partial charge in [-0.2, -0.15) is 0 Å². The van der Waals surface area contributed by atoms with Crippen LogP contribution in [0.2, 0.25) is 0 Å². The van der Waals surface area contributed by atoms with E-state index >= 15 is 0 Å². The summed E-state index contributed by atoms with van der Waals surface area (Å²) in [6, 6.07) is 0. The molecule has 0 aromatic heterocycles. The Morgan fingerprint density at radius 3 is 2.71 bits per heavy atom. The number of hydrogen-bond donors (Lipinski definition) is 0. The minimum Gasteiger partial charge on any atom is -0.404 e. The zero-order chi connectivity index (χ0) is 5.28. The summed E-state index contributed by atoms with van der Waals surface area (Å²) in [6.07, 6.45) is 1.09. The molecule has 7 heavy (non-hydrogen) atoms. The molecule has 0 atom stereocenters. The van der Waals surface area contributed by atoms with Crippen LogP contribution in [-0.4, -0.2) is 12.2 Å². The molecular formula is C4H3NO2. The molecule has 0 spiro atoms. The molecule has 1 heterocycles. The molecule has 0 fully saturated rings. The van der Waals surface area contributed by atoms with E-state index in [-0.39, 0.29) is 5.88 Å². The molecule has 3 heteroatoms. The summed E-state index contributed by atoms with van der Waals surface area (Å²) in [5.41, 5.74) is 0. The molecule has 0 bridgehead atoms. The molecule has 0 aliphatic carbocycles. The van der Waals surface area contributed by atoms with Crippen molar-refractivity contribution >= 4 is 12.2 Å². The van der Waals surface area contributed by atoms with Crippen molar-refractivity contribution in [3.63, 3.8) is 0 Å². The number of aliphatic imine (C=N–C) groups is 1. The lowest BCUT2D eigenvalue weighted by Crippen LogP contribution is -1.93. The average molecular weight is 97.1 g/mol. The Hall–Kier alpha value is -1.12. The van der Waals surface area contributed by atoms with E-state index in [0.29, 0.717) is 0 Å². The monoisotopic (exact) mass is 97.0 g/mol. The second-order valence-corrected chi connectivity index (χ2v) is 1.07. The highest BCUT2D eigenvalue weighted by Gasteiger charge is 2.06. The van der Waals surface area contributed by atoms with Crippen LogP contribution in [0.25, 0.3) is 0 Å². The first-order valence-corrected chi connectivity index (χ1v) is 1.74. The van der Waals surface area contributed by atoms with Gasteiger partial charge in [-0.15, -0.1) is 0 Å². The highest BCUT2D eigenvalue weighted by atomic mass is 16.6. The van der Waals surface area contributed by atoms with Crippen molar-refractivity contribution in [3.8, 4) is 0 Å². The van der Waals surface area contributed by atoms with Crippen molar-refractivity contribution in [3.05, 3.63) is 12.5 Å². The quantitative estimate of drug-likeness (QED) is 0.401. The minimum absolute atomic E-state index is 0.171. The predicted molar refractivity (Wildman–Crippen MR) is 23.7 cm³/mol. The van der Waals surface area contributed by atoms with Gasteiger partial charge in [0, 0.05) is 0 Å². The van der Waals surface area contributed by atoms with E-state index < -0.39 is 5.97 Å². The first-order chi connectivity index (χ1) is 3.29. The maximum atomic E-state index is 10.0. The van der Waals surface area contributed by atoms with Crippen molar-refractivity contribution in [2.24, 2.45) is 4.99 Å². The molecule has 0 aromatic rings. The number of nitrogens with zero attached hydrogens (tertiary/aromatic N) is 1. The van der Waals surface area contributed by atoms with Gasteiger partial charge in [-0.05, 0) is 6.58 Å². The van der Waals surface area contributed by atoms with Crippen LogP contribution in [0.1, 0.15) is 0 Å². The first kappa shape index (κ1) is 4.05. The van der Waals surface area contributed by atoms with E-state index in [0.717, 1.165) is 6.21 Å². The number of rotatable bonds is 0. The first-order valence-electron chi connectivity index (χ1n) is 1.74. The van der Waals surface area contributed by atoms with Gasteiger partial charge in [-0.3, -0.25) is 0 Å². The van der Waals surface area contributed by atoms with Crippen molar-refractivity contribution in [2.75, 3.05) is 0 Å². The molecule has 0 radical (unpaired) electrons. The van der Waals surface area contributed by atoms with Gasteiger partial charge in [-0.25, -0.2) is 9.79 Å². The normalized spacial score (nSPS) is 17.7. The van der Waals surface area contributed by atoms with Gasteiger partial charge >= 0.3 is 5.97 Å². The second-order valence-electron chi connectivity index (χ2n) is 1.07. The minimum atomic E-state index is -0.440. The van der Waals surface area contributed by atoms with Gasteiger partial charge in [-0.1, -0.05) is 0 Å². The van der Waals surface area contributed by atoms with Crippen LogP contribution in [0, 0.1) is 0 Å². The highest BCUT2D eigenvalue weighted by Crippen LogP contribution is 1.99. The van der Waals surface area contributed by atoms with Crippen molar-refractivity contribution in [1.29, 1.82) is 0 Å². The topological polar surface area (TPSA) is 38.7 Å². The third-order valence-corrected chi connectivity index (χ3v) is 0.532. The van der Waals surface area contributed by atoms with Gasteiger partial charge in [0.25, 0.3) is 0 Å². The molecule has 1 aliphatic heterocycles. The fourth-order valence-electron chi connectivity index (χ4n) is 0.294. The van der Waals surface area contributed by atoms with E-state index in [1.165, 1.54) is 0 Å². The van der Waals surface area contributed by atoms with Crippen LogP contribution < -0.4 is 0 Å². The van der Waals surface area contributed by atoms with Gasteiger partial charge in [0.15, 0.2) is 0 Å². The van der Waals surface area contributed by atoms with Crippen molar-refractivity contribution in [2.45, 2.75) is 0 Å². The van der Waals surface area contributed by atoms with Gasteiger partial charge < -0.3 is 4.74 Å². The molecule has 1 rings (SSSR count). The van der Waals surface area contributed by atoms with Crippen molar-refractivity contribution < 1.29 is 9.53 Å². The summed E-state index contributed by atoms with van der Waals surface area (Å²) in [7, 11) is 0. The summed E-state index contributed by atoms with van der Waals surface area (Å²) in [6.45, 7) is 3.26. The summed E-state index contributed by atoms with van der Waals surface area (Å²) < 4.78 is 4.31. The fourth-order valence-corrected chi connectivity index (χ4v) is 0.294. The standard InChI is InChI=1S/C4H3NO2/c1-3-5-2-4(6)7-3/h2H,1H2. The van der Waals surface area contributed by atoms with Gasteiger partial charge in [0.05, 0.1) is 0 Å². The molecule has 0 saturated carbocycles. The van der Waals surface area contributed by atoms with Crippen LogP contribution in [0.5, 0.6) is 0 Å². The molecule has 0 aromatic carbocycles. The Balaban J connectivity index is 2.76. The van der Waals surface area contributed by atoms with Crippen LogP contribution in [0.15, 0.2) is 17.5 Å². The Labute approximate surface area is 40.3 Å². The molecule has 0 saturated heterocycles. The number of carbonyl (C=O) groups excluding carboxylic acids is 1. The Morgan fingerprint density at radius 2 is 2.57 bits per heavy atom. The van der Waals surface area contributed by atoms with Crippen LogP contribution in [0.4, 0.5) is 0 Å². The molecular weight excluding hydrogens is 94.0 g/mol. The van der Waals surface area contributed by atoms with E-state index in [4.69, 9.17) is 0 Å². The Morgan fingerprint density at radius 1 is 1.86 bits per heavy atom. The third kappa shape index (κ3) is 0.652. The molecule has 0 amide bonds. The summed E-state index contributed by atoms with van der Waals surface area (Å²) >= 11 is 0. The van der Waals surface area contributed by atoms with E-state index in [2.05, 4.69) is 16.3 Å². The second kappa shape index (κ2) is 1.18. The lowest BCUT2D eigenvalue weighted by Gasteiger charge is -1.83. The maximum Gasteiger partial charge on any atom is 0.356 e.